The summed E-state index contributed by atoms with van der Waals surface area (Å²) in [5, 5.41) is 4.00. The van der Waals surface area contributed by atoms with Crippen LogP contribution in [-0.2, 0) is 6.42 Å². The van der Waals surface area contributed by atoms with Crippen molar-refractivity contribution in [1.82, 2.24) is 5.32 Å². The lowest BCUT2D eigenvalue weighted by Gasteiger charge is -2.22. The lowest BCUT2D eigenvalue weighted by molar-refractivity contribution is 0.394. The summed E-state index contributed by atoms with van der Waals surface area (Å²) in [7, 11) is 0. The summed E-state index contributed by atoms with van der Waals surface area (Å²) in [4.78, 5) is 0. The van der Waals surface area contributed by atoms with E-state index >= 15 is 0 Å². The van der Waals surface area contributed by atoms with Crippen molar-refractivity contribution in [3.8, 4) is 0 Å². The van der Waals surface area contributed by atoms with Crippen molar-refractivity contribution in [3.05, 3.63) is 34.6 Å². The molecule has 0 fully saturated rings. The molecule has 1 aromatic rings. The van der Waals surface area contributed by atoms with Gasteiger partial charge in [0.15, 0.2) is 0 Å². The minimum atomic E-state index is -0.272. The molecule has 18 heavy (non-hydrogen) atoms. The van der Waals surface area contributed by atoms with Gasteiger partial charge >= 0.3 is 0 Å². The third-order valence-electron chi connectivity index (χ3n) is 2.88. The fourth-order valence-electron chi connectivity index (χ4n) is 1.86. The molecule has 1 N–H and O–H groups in total. The maximum atomic E-state index is 12.9. The number of nitrogens with one attached hydrogen (secondary N) is 1. The van der Waals surface area contributed by atoms with E-state index in [9.17, 15) is 4.39 Å². The Kier molecular flexibility index (Phi) is 5.61. The number of hydrogen-bond acceptors (Lipinski definition) is 1. The van der Waals surface area contributed by atoms with Crippen LogP contribution in [0.1, 0.15) is 39.7 Å². The molecule has 0 aliphatic heterocycles. The van der Waals surface area contributed by atoms with Crippen molar-refractivity contribution in [1.29, 1.82) is 0 Å². The molecule has 0 aliphatic carbocycles. The van der Waals surface area contributed by atoms with Gasteiger partial charge in [-0.25, -0.2) is 4.39 Å². The van der Waals surface area contributed by atoms with Crippen molar-refractivity contribution in [3.63, 3.8) is 0 Å². The SMILES string of the molecule is CC(CCNC(C)(C)C)Cc1ccc(F)cc1Cl. The first-order valence-electron chi connectivity index (χ1n) is 6.47. The summed E-state index contributed by atoms with van der Waals surface area (Å²) in [6.07, 6.45) is 1.98. The monoisotopic (exact) mass is 271 g/mol. The van der Waals surface area contributed by atoms with Crippen LogP contribution < -0.4 is 5.32 Å². The largest absolute Gasteiger partial charge is 0.312 e. The van der Waals surface area contributed by atoms with Gasteiger partial charge in [-0.2, -0.15) is 0 Å². The van der Waals surface area contributed by atoms with E-state index in [2.05, 4.69) is 33.0 Å². The molecule has 0 bridgehead atoms. The Morgan fingerprint density at radius 1 is 1.33 bits per heavy atom. The zero-order valence-corrected chi connectivity index (χ0v) is 12.4. The summed E-state index contributed by atoms with van der Waals surface area (Å²) in [5.74, 6) is 0.258. The molecule has 0 aromatic heterocycles. The first-order chi connectivity index (χ1) is 8.28. The molecule has 0 saturated carbocycles. The Balaban J connectivity index is 2.42. The molecular formula is C15H23ClFN. The quantitative estimate of drug-likeness (QED) is 0.835. The Labute approximate surface area is 115 Å². The van der Waals surface area contributed by atoms with Crippen LogP contribution in [0.25, 0.3) is 0 Å². The Hall–Kier alpha value is -0.600. The van der Waals surface area contributed by atoms with Crippen molar-refractivity contribution < 1.29 is 4.39 Å². The minimum absolute atomic E-state index is 0.160. The molecule has 1 rings (SSSR count). The van der Waals surface area contributed by atoms with Gasteiger partial charge in [-0.3, -0.25) is 0 Å². The zero-order chi connectivity index (χ0) is 13.8. The highest BCUT2D eigenvalue weighted by Gasteiger charge is 2.11. The molecule has 0 heterocycles. The maximum absolute atomic E-state index is 12.9. The molecule has 1 aromatic carbocycles. The predicted molar refractivity (Wildman–Crippen MR) is 76.7 cm³/mol. The fourth-order valence-corrected chi connectivity index (χ4v) is 2.10. The molecule has 3 heteroatoms. The first kappa shape index (κ1) is 15.5. The second kappa shape index (κ2) is 6.53. The molecule has 0 aliphatic rings. The summed E-state index contributed by atoms with van der Waals surface area (Å²) < 4.78 is 12.9. The Bertz CT molecular complexity index is 385. The van der Waals surface area contributed by atoms with Crippen LogP contribution in [0.3, 0.4) is 0 Å². The smallest absolute Gasteiger partial charge is 0.124 e. The Morgan fingerprint density at radius 3 is 2.56 bits per heavy atom. The molecule has 0 amide bonds. The molecular weight excluding hydrogens is 249 g/mol. The highest BCUT2D eigenvalue weighted by molar-refractivity contribution is 6.31. The van der Waals surface area contributed by atoms with Crippen molar-refractivity contribution >= 4 is 11.6 Å². The predicted octanol–water partition coefficient (Wildman–Crippen LogP) is 4.44. The molecule has 0 spiro atoms. The third kappa shape index (κ3) is 5.83. The summed E-state index contributed by atoms with van der Waals surface area (Å²) in [6, 6.07) is 4.64. The summed E-state index contributed by atoms with van der Waals surface area (Å²) >= 11 is 6.02. The van der Waals surface area contributed by atoms with Crippen molar-refractivity contribution in [2.45, 2.75) is 46.1 Å². The van der Waals surface area contributed by atoms with E-state index in [0.717, 1.165) is 24.9 Å². The summed E-state index contributed by atoms with van der Waals surface area (Å²) in [6.45, 7) is 9.67. The van der Waals surface area contributed by atoms with E-state index in [1.165, 1.54) is 12.1 Å². The number of benzene rings is 1. The van der Waals surface area contributed by atoms with Gasteiger partial charge in [0.1, 0.15) is 5.82 Å². The van der Waals surface area contributed by atoms with Gasteiger partial charge in [0.2, 0.25) is 0 Å². The molecule has 1 unspecified atom stereocenters. The molecule has 0 saturated heterocycles. The number of hydrogen-bond donors (Lipinski definition) is 1. The van der Waals surface area contributed by atoms with Crippen LogP contribution in [0.2, 0.25) is 5.02 Å². The first-order valence-corrected chi connectivity index (χ1v) is 6.84. The van der Waals surface area contributed by atoms with E-state index < -0.39 is 0 Å². The van der Waals surface area contributed by atoms with Crippen LogP contribution in [0.4, 0.5) is 4.39 Å². The van der Waals surface area contributed by atoms with Crippen LogP contribution in [0.15, 0.2) is 18.2 Å². The lowest BCUT2D eigenvalue weighted by atomic mass is 9.97. The standard InChI is InChI=1S/C15H23ClFN/c1-11(7-8-18-15(2,3)4)9-12-5-6-13(17)10-14(12)16/h5-6,10-11,18H,7-9H2,1-4H3. The van der Waals surface area contributed by atoms with Gasteiger partial charge in [-0.05, 0) is 63.8 Å². The highest BCUT2D eigenvalue weighted by Crippen LogP contribution is 2.21. The number of rotatable bonds is 5. The number of halogens is 2. The lowest BCUT2D eigenvalue weighted by Crippen LogP contribution is -2.37. The van der Waals surface area contributed by atoms with Gasteiger partial charge in [-0.1, -0.05) is 24.6 Å². The van der Waals surface area contributed by atoms with Gasteiger partial charge in [0, 0.05) is 10.6 Å². The van der Waals surface area contributed by atoms with Gasteiger partial charge < -0.3 is 5.32 Å². The Morgan fingerprint density at radius 2 is 2.00 bits per heavy atom. The molecule has 1 atom stereocenters. The van der Waals surface area contributed by atoms with Gasteiger partial charge in [0.05, 0.1) is 0 Å². The average molecular weight is 272 g/mol. The van der Waals surface area contributed by atoms with E-state index in [0.29, 0.717) is 10.9 Å². The van der Waals surface area contributed by atoms with E-state index in [4.69, 9.17) is 11.6 Å². The average Bonchev–Trinajstić information content (AvgIpc) is 2.20. The highest BCUT2D eigenvalue weighted by atomic mass is 35.5. The maximum Gasteiger partial charge on any atom is 0.124 e. The van der Waals surface area contributed by atoms with E-state index in [-0.39, 0.29) is 11.4 Å². The third-order valence-corrected chi connectivity index (χ3v) is 3.23. The fraction of sp³-hybridized carbons (Fsp3) is 0.600. The molecule has 0 radical (unpaired) electrons. The van der Waals surface area contributed by atoms with Crippen LogP contribution in [0.5, 0.6) is 0 Å². The van der Waals surface area contributed by atoms with Crippen LogP contribution in [-0.4, -0.2) is 12.1 Å². The van der Waals surface area contributed by atoms with Crippen LogP contribution in [0, 0.1) is 11.7 Å². The van der Waals surface area contributed by atoms with Crippen LogP contribution >= 0.6 is 11.6 Å². The van der Waals surface area contributed by atoms with E-state index in [1.807, 2.05) is 0 Å². The normalized spacial score (nSPS) is 13.7. The topological polar surface area (TPSA) is 12.0 Å². The van der Waals surface area contributed by atoms with Crippen molar-refractivity contribution in [2.75, 3.05) is 6.54 Å². The molecule has 102 valence electrons. The molecule has 1 nitrogen and oxygen atoms in total. The summed E-state index contributed by atoms with van der Waals surface area (Å²) in [5.41, 5.74) is 1.19. The minimum Gasteiger partial charge on any atom is -0.312 e. The van der Waals surface area contributed by atoms with E-state index in [1.54, 1.807) is 6.07 Å². The van der Waals surface area contributed by atoms with Gasteiger partial charge in [-0.15, -0.1) is 0 Å². The second-order valence-electron chi connectivity index (χ2n) is 6.01. The zero-order valence-electron chi connectivity index (χ0n) is 11.7. The van der Waals surface area contributed by atoms with Crippen molar-refractivity contribution in [2.24, 2.45) is 5.92 Å². The van der Waals surface area contributed by atoms with Gasteiger partial charge in [0.25, 0.3) is 0 Å². The second-order valence-corrected chi connectivity index (χ2v) is 6.42.